The average molecular weight is 340 g/mol. The van der Waals surface area contributed by atoms with E-state index in [2.05, 4.69) is 4.99 Å². The molecular weight excluding hydrogens is 320 g/mol. The molecule has 1 fully saturated rings. The van der Waals surface area contributed by atoms with Crippen LogP contribution in [-0.4, -0.2) is 58.5 Å². The number of carbonyl (C=O) groups excluding carboxylic acids is 2. The third-order valence-electron chi connectivity index (χ3n) is 4.76. The van der Waals surface area contributed by atoms with Crippen LogP contribution in [0, 0.1) is 0 Å². The Bertz CT molecular complexity index is 774. The van der Waals surface area contributed by atoms with Crippen molar-refractivity contribution in [3.8, 4) is 0 Å². The number of carbonyl (C=O) groups is 2. The Morgan fingerprint density at radius 2 is 1.96 bits per heavy atom. The first-order valence-electron chi connectivity index (χ1n) is 8.41. The lowest BCUT2D eigenvalue weighted by Gasteiger charge is -2.39. The molecule has 3 aliphatic heterocycles. The molecule has 25 heavy (non-hydrogen) atoms. The first-order chi connectivity index (χ1) is 12.1. The van der Waals surface area contributed by atoms with Crippen LogP contribution in [0.2, 0.25) is 0 Å². The summed E-state index contributed by atoms with van der Waals surface area (Å²) in [6, 6.07) is 9.61. The van der Waals surface area contributed by atoms with Crippen molar-refractivity contribution in [2.75, 3.05) is 13.6 Å². The normalized spacial score (nSPS) is 24.8. The largest absolute Gasteiger partial charge is 0.429 e. The van der Waals surface area contributed by atoms with Crippen LogP contribution in [0.3, 0.4) is 0 Å². The Hall–Kier alpha value is -2.83. The van der Waals surface area contributed by atoms with E-state index >= 15 is 0 Å². The van der Waals surface area contributed by atoms with Crippen molar-refractivity contribution in [3.63, 3.8) is 0 Å². The lowest BCUT2D eigenvalue weighted by atomic mass is 10.1. The zero-order valence-electron chi connectivity index (χ0n) is 14.3. The maximum atomic E-state index is 12.9. The lowest BCUT2D eigenvalue weighted by molar-refractivity contribution is -0.136. The smallest absolute Gasteiger partial charge is 0.328 e. The number of fused-ring (bicyclic) bond motifs is 3. The Kier molecular flexibility index (Phi) is 3.71. The van der Waals surface area contributed by atoms with Gasteiger partial charge in [-0.1, -0.05) is 30.3 Å². The highest BCUT2D eigenvalue weighted by Crippen LogP contribution is 2.32. The van der Waals surface area contributed by atoms with Gasteiger partial charge in [0.15, 0.2) is 12.2 Å². The van der Waals surface area contributed by atoms with Gasteiger partial charge in [-0.15, -0.1) is 0 Å². The number of rotatable bonds is 4. The Morgan fingerprint density at radius 1 is 1.20 bits per heavy atom. The molecule has 0 bridgehead atoms. The van der Waals surface area contributed by atoms with Crippen molar-refractivity contribution in [2.45, 2.75) is 32.0 Å². The van der Waals surface area contributed by atoms with Gasteiger partial charge in [-0.05, 0) is 25.3 Å². The number of ether oxygens (including phenoxy) is 1. The van der Waals surface area contributed by atoms with Gasteiger partial charge in [-0.3, -0.25) is 14.6 Å². The summed E-state index contributed by atoms with van der Waals surface area (Å²) < 4.78 is 5.51. The number of benzene rings is 1. The second-order valence-electron chi connectivity index (χ2n) is 6.49. The second kappa shape index (κ2) is 5.91. The van der Waals surface area contributed by atoms with Gasteiger partial charge < -0.3 is 9.64 Å². The Labute approximate surface area is 146 Å². The van der Waals surface area contributed by atoms with E-state index in [1.54, 1.807) is 18.1 Å². The SMILES string of the molecule is CC1=CN2C(=NC3C2C(=O)N(CCCc2ccccc2)C(=O)N3C)O1. The van der Waals surface area contributed by atoms with E-state index in [9.17, 15) is 9.59 Å². The predicted octanol–water partition coefficient (Wildman–Crippen LogP) is 1.77. The molecule has 2 unspecified atom stereocenters. The summed E-state index contributed by atoms with van der Waals surface area (Å²) in [5.74, 6) is 0.481. The summed E-state index contributed by atoms with van der Waals surface area (Å²) in [6.07, 6.45) is 2.80. The van der Waals surface area contributed by atoms with Crippen molar-refractivity contribution in [2.24, 2.45) is 4.99 Å². The highest BCUT2D eigenvalue weighted by atomic mass is 16.5. The number of hydrogen-bond acceptors (Lipinski definition) is 5. The monoisotopic (exact) mass is 340 g/mol. The van der Waals surface area contributed by atoms with Crippen LogP contribution in [0.5, 0.6) is 0 Å². The van der Waals surface area contributed by atoms with Crippen LogP contribution in [0.15, 0.2) is 47.3 Å². The van der Waals surface area contributed by atoms with Crippen molar-refractivity contribution < 1.29 is 14.3 Å². The number of aliphatic imine (C=N–C) groups is 1. The number of likely N-dealkylation sites (N-methyl/N-ethyl adjacent to an activating group) is 1. The first kappa shape index (κ1) is 15.7. The van der Waals surface area contributed by atoms with Crippen LogP contribution in [0.4, 0.5) is 4.79 Å². The molecule has 0 aliphatic carbocycles. The third kappa shape index (κ3) is 2.56. The molecule has 2 atom stereocenters. The van der Waals surface area contributed by atoms with Crippen LogP contribution in [0.1, 0.15) is 18.9 Å². The fourth-order valence-corrected chi connectivity index (χ4v) is 3.49. The molecule has 0 N–H and O–H groups in total. The Balaban J connectivity index is 1.48. The van der Waals surface area contributed by atoms with Crippen molar-refractivity contribution in [3.05, 3.63) is 47.9 Å². The Morgan fingerprint density at radius 3 is 2.72 bits per heavy atom. The molecule has 3 heterocycles. The van der Waals surface area contributed by atoms with Crippen molar-refractivity contribution in [1.82, 2.24) is 14.7 Å². The molecule has 3 amide bonds. The van der Waals surface area contributed by atoms with Gasteiger partial charge in [0.05, 0.1) is 0 Å². The van der Waals surface area contributed by atoms with E-state index in [-0.39, 0.29) is 11.9 Å². The second-order valence-corrected chi connectivity index (χ2v) is 6.49. The molecule has 3 aliphatic rings. The van der Waals surface area contributed by atoms with E-state index in [0.29, 0.717) is 18.3 Å². The highest BCUT2D eigenvalue weighted by Gasteiger charge is 2.53. The van der Waals surface area contributed by atoms with E-state index in [4.69, 9.17) is 4.74 Å². The summed E-state index contributed by atoms with van der Waals surface area (Å²) in [5.41, 5.74) is 1.20. The number of allylic oxidation sites excluding steroid dienone is 1. The predicted molar refractivity (Wildman–Crippen MR) is 91.3 cm³/mol. The molecular formula is C18H20N4O3. The van der Waals surface area contributed by atoms with Gasteiger partial charge in [-0.2, -0.15) is 0 Å². The van der Waals surface area contributed by atoms with Gasteiger partial charge in [0.25, 0.3) is 11.9 Å². The van der Waals surface area contributed by atoms with Crippen LogP contribution >= 0.6 is 0 Å². The topological polar surface area (TPSA) is 65.5 Å². The quantitative estimate of drug-likeness (QED) is 0.838. The molecule has 0 radical (unpaired) electrons. The minimum atomic E-state index is -0.535. The fourth-order valence-electron chi connectivity index (χ4n) is 3.49. The summed E-state index contributed by atoms with van der Waals surface area (Å²) in [6.45, 7) is 2.21. The van der Waals surface area contributed by atoms with Crippen LogP contribution < -0.4 is 0 Å². The minimum absolute atomic E-state index is 0.213. The maximum absolute atomic E-state index is 12.9. The van der Waals surface area contributed by atoms with Gasteiger partial charge in [-0.25, -0.2) is 9.79 Å². The van der Waals surface area contributed by atoms with Crippen LogP contribution in [0.25, 0.3) is 0 Å². The summed E-state index contributed by atoms with van der Waals surface area (Å²) in [5, 5.41) is 0. The fraction of sp³-hybridized carbons (Fsp3) is 0.389. The highest BCUT2D eigenvalue weighted by molar-refractivity contribution is 6.03. The third-order valence-corrected chi connectivity index (χ3v) is 4.76. The van der Waals surface area contributed by atoms with Crippen molar-refractivity contribution in [1.29, 1.82) is 0 Å². The van der Waals surface area contributed by atoms with E-state index in [1.165, 1.54) is 15.4 Å². The van der Waals surface area contributed by atoms with Gasteiger partial charge in [0.1, 0.15) is 5.76 Å². The first-order valence-corrected chi connectivity index (χ1v) is 8.41. The standard InChI is InChI=1S/C18H20N4O3/c1-12-11-22-14-15(19-17(22)25-12)20(2)18(24)21(16(14)23)10-6-9-13-7-4-3-5-8-13/h3-5,7-8,11,14-15H,6,9-10H2,1-2H3. The van der Waals surface area contributed by atoms with E-state index < -0.39 is 12.2 Å². The molecule has 0 spiro atoms. The summed E-state index contributed by atoms with van der Waals surface area (Å²) >= 11 is 0. The van der Waals surface area contributed by atoms with Gasteiger partial charge in [0.2, 0.25) is 0 Å². The molecule has 0 aromatic heterocycles. The van der Waals surface area contributed by atoms with Gasteiger partial charge in [0, 0.05) is 19.8 Å². The number of urea groups is 1. The minimum Gasteiger partial charge on any atom is -0.429 e. The summed E-state index contributed by atoms with van der Waals surface area (Å²) in [4.78, 5) is 34.5. The van der Waals surface area contributed by atoms with Crippen LogP contribution in [-0.2, 0) is 16.0 Å². The average Bonchev–Trinajstić information content (AvgIpc) is 3.13. The summed E-state index contributed by atoms with van der Waals surface area (Å²) in [7, 11) is 1.68. The molecule has 1 saturated heterocycles. The number of aryl methyl sites for hydroxylation is 1. The molecule has 1 aromatic rings. The number of amidine groups is 1. The zero-order valence-corrected chi connectivity index (χ0v) is 14.3. The van der Waals surface area contributed by atoms with E-state index in [0.717, 1.165) is 12.8 Å². The molecule has 130 valence electrons. The molecule has 1 aromatic carbocycles. The lowest BCUT2D eigenvalue weighted by Crippen LogP contribution is -2.64. The molecule has 4 rings (SSSR count). The number of hydrogen-bond donors (Lipinski definition) is 0. The number of nitrogens with zero attached hydrogens (tertiary/aromatic N) is 4. The molecule has 7 heteroatoms. The van der Waals surface area contributed by atoms with E-state index in [1.807, 2.05) is 37.3 Å². The molecule has 7 nitrogen and oxygen atoms in total. The van der Waals surface area contributed by atoms with Gasteiger partial charge >= 0.3 is 6.03 Å². The molecule has 0 saturated carbocycles. The zero-order chi connectivity index (χ0) is 17.6. The van der Waals surface area contributed by atoms with Crippen molar-refractivity contribution >= 4 is 18.0 Å². The number of amides is 3. The maximum Gasteiger partial charge on any atom is 0.328 e. The number of imide groups is 1.